The molecular formula is C15H24N2O. The van der Waals surface area contributed by atoms with Gasteiger partial charge in [0.05, 0.1) is 6.10 Å². The average Bonchev–Trinajstić information content (AvgIpc) is 2.37. The molecule has 3 nitrogen and oxygen atoms in total. The number of aliphatic hydroxyl groups is 1. The maximum atomic E-state index is 10.0. The third-order valence-corrected chi connectivity index (χ3v) is 4.16. The van der Waals surface area contributed by atoms with Gasteiger partial charge in [-0.05, 0) is 36.9 Å². The molecule has 1 aromatic carbocycles. The second-order valence-corrected chi connectivity index (χ2v) is 5.44. The molecule has 3 heteroatoms. The van der Waals surface area contributed by atoms with Crippen LogP contribution in [0.4, 0.5) is 0 Å². The van der Waals surface area contributed by atoms with Crippen molar-refractivity contribution in [1.82, 2.24) is 4.90 Å². The van der Waals surface area contributed by atoms with Crippen molar-refractivity contribution < 1.29 is 5.11 Å². The highest BCUT2D eigenvalue weighted by Crippen LogP contribution is 2.27. The molecule has 3 atom stereocenters. The minimum Gasteiger partial charge on any atom is -0.392 e. The molecule has 100 valence electrons. The summed E-state index contributed by atoms with van der Waals surface area (Å²) in [4.78, 5) is 2.33. The number of hydrogen-bond donors (Lipinski definition) is 2. The van der Waals surface area contributed by atoms with Crippen molar-refractivity contribution in [1.29, 1.82) is 0 Å². The third kappa shape index (κ3) is 2.74. The largest absolute Gasteiger partial charge is 0.392 e. The first-order valence-electron chi connectivity index (χ1n) is 6.81. The molecule has 0 amide bonds. The highest BCUT2D eigenvalue weighted by atomic mass is 16.3. The van der Waals surface area contributed by atoms with Crippen LogP contribution < -0.4 is 5.73 Å². The standard InChI is InChI=1S/C15H24N2O/c1-11-5-3-4-6-13(11)14(9-16)17-8-7-12(2)15(18)10-17/h3-6,12,14-15,18H,7-10,16H2,1-2H3. The first-order chi connectivity index (χ1) is 8.63. The lowest BCUT2D eigenvalue weighted by Gasteiger charge is -2.39. The minimum absolute atomic E-state index is 0.225. The van der Waals surface area contributed by atoms with Crippen LogP contribution in [-0.4, -0.2) is 35.7 Å². The lowest BCUT2D eigenvalue weighted by Crippen LogP contribution is -2.46. The van der Waals surface area contributed by atoms with Crippen molar-refractivity contribution in [3.8, 4) is 0 Å². The first-order valence-corrected chi connectivity index (χ1v) is 6.81. The fourth-order valence-corrected chi connectivity index (χ4v) is 2.79. The topological polar surface area (TPSA) is 49.5 Å². The van der Waals surface area contributed by atoms with E-state index in [-0.39, 0.29) is 12.1 Å². The van der Waals surface area contributed by atoms with Crippen LogP contribution in [-0.2, 0) is 0 Å². The average molecular weight is 248 g/mol. The van der Waals surface area contributed by atoms with Gasteiger partial charge in [-0.25, -0.2) is 0 Å². The Hall–Kier alpha value is -0.900. The van der Waals surface area contributed by atoms with Crippen molar-refractivity contribution in [3.63, 3.8) is 0 Å². The molecule has 0 aliphatic carbocycles. The smallest absolute Gasteiger partial charge is 0.0693 e. The number of hydrogen-bond acceptors (Lipinski definition) is 3. The fourth-order valence-electron chi connectivity index (χ4n) is 2.79. The Kier molecular flexibility index (Phi) is 4.38. The summed E-state index contributed by atoms with van der Waals surface area (Å²) in [6.07, 6.45) is 0.820. The molecule has 1 heterocycles. The second-order valence-electron chi connectivity index (χ2n) is 5.44. The van der Waals surface area contributed by atoms with E-state index in [1.807, 2.05) is 0 Å². The number of aliphatic hydroxyl groups excluding tert-OH is 1. The molecule has 0 radical (unpaired) electrons. The zero-order valence-electron chi connectivity index (χ0n) is 11.3. The van der Waals surface area contributed by atoms with Crippen LogP contribution in [0, 0.1) is 12.8 Å². The van der Waals surface area contributed by atoms with E-state index < -0.39 is 0 Å². The van der Waals surface area contributed by atoms with E-state index in [0.717, 1.165) is 19.5 Å². The highest BCUT2D eigenvalue weighted by Gasteiger charge is 2.29. The van der Waals surface area contributed by atoms with Gasteiger partial charge in [0.2, 0.25) is 0 Å². The number of rotatable bonds is 3. The number of aryl methyl sites for hydroxylation is 1. The zero-order valence-corrected chi connectivity index (χ0v) is 11.3. The summed E-state index contributed by atoms with van der Waals surface area (Å²) in [5.74, 6) is 0.400. The van der Waals surface area contributed by atoms with Crippen LogP contribution in [0.25, 0.3) is 0 Å². The minimum atomic E-state index is -0.225. The molecular weight excluding hydrogens is 224 g/mol. The van der Waals surface area contributed by atoms with Gasteiger partial charge < -0.3 is 10.8 Å². The second kappa shape index (κ2) is 5.83. The van der Waals surface area contributed by atoms with E-state index >= 15 is 0 Å². The fraction of sp³-hybridized carbons (Fsp3) is 0.600. The highest BCUT2D eigenvalue weighted by molar-refractivity contribution is 5.29. The molecule has 0 bridgehead atoms. The van der Waals surface area contributed by atoms with Crippen LogP contribution in [0.2, 0.25) is 0 Å². The molecule has 1 aliphatic heterocycles. The Morgan fingerprint density at radius 2 is 2.17 bits per heavy atom. The van der Waals surface area contributed by atoms with Crippen LogP contribution >= 0.6 is 0 Å². The summed E-state index contributed by atoms with van der Waals surface area (Å²) in [5.41, 5.74) is 8.53. The van der Waals surface area contributed by atoms with Crippen molar-refractivity contribution in [2.24, 2.45) is 11.7 Å². The van der Waals surface area contributed by atoms with Gasteiger partial charge in [-0.3, -0.25) is 4.90 Å². The van der Waals surface area contributed by atoms with Gasteiger partial charge in [0.25, 0.3) is 0 Å². The van der Waals surface area contributed by atoms with Crippen LogP contribution in [0.1, 0.15) is 30.5 Å². The third-order valence-electron chi connectivity index (χ3n) is 4.16. The maximum absolute atomic E-state index is 10.0. The number of β-amino-alcohol motifs (C(OH)–C–C–N with tert-alkyl or cyclic N) is 1. The Balaban J connectivity index is 2.17. The van der Waals surface area contributed by atoms with E-state index in [9.17, 15) is 5.11 Å². The normalized spacial score (nSPS) is 27.1. The number of nitrogens with two attached hydrogens (primary N) is 1. The first kappa shape index (κ1) is 13.5. The van der Waals surface area contributed by atoms with E-state index in [1.165, 1.54) is 11.1 Å². The summed E-state index contributed by atoms with van der Waals surface area (Å²) in [6.45, 7) is 6.60. The Bertz CT molecular complexity index is 394. The summed E-state index contributed by atoms with van der Waals surface area (Å²) in [7, 11) is 0. The van der Waals surface area contributed by atoms with Gasteiger partial charge >= 0.3 is 0 Å². The van der Waals surface area contributed by atoms with Gasteiger partial charge in [0, 0.05) is 19.1 Å². The van der Waals surface area contributed by atoms with Gasteiger partial charge in [0.15, 0.2) is 0 Å². The van der Waals surface area contributed by atoms with Gasteiger partial charge in [-0.15, -0.1) is 0 Å². The molecule has 18 heavy (non-hydrogen) atoms. The van der Waals surface area contributed by atoms with E-state index in [1.54, 1.807) is 0 Å². The zero-order chi connectivity index (χ0) is 13.1. The number of benzene rings is 1. The molecule has 3 N–H and O–H groups in total. The van der Waals surface area contributed by atoms with Gasteiger partial charge in [-0.1, -0.05) is 31.2 Å². The lowest BCUT2D eigenvalue weighted by molar-refractivity contribution is 0.0110. The van der Waals surface area contributed by atoms with Crippen LogP contribution in [0.15, 0.2) is 24.3 Å². The van der Waals surface area contributed by atoms with E-state index in [4.69, 9.17) is 5.73 Å². The number of nitrogens with zero attached hydrogens (tertiary/aromatic N) is 1. The summed E-state index contributed by atoms with van der Waals surface area (Å²) < 4.78 is 0. The molecule has 1 saturated heterocycles. The van der Waals surface area contributed by atoms with Crippen LogP contribution in [0.5, 0.6) is 0 Å². The number of likely N-dealkylation sites (tertiary alicyclic amines) is 1. The quantitative estimate of drug-likeness (QED) is 0.856. The molecule has 0 spiro atoms. The lowest BCUT2D eigenvalue weighted by atomic mass is 9.92. The molecule has 1 aliphatic rings. The van der Waals surface area contributed by atoms with E-state index in [0.29, 0.717) is 12.5 Å². The maximum Gasteiger partial charge on any atom is 0.0693 e. The van der Waals surface area contributed by atoms with Crippen molar-refractivity contribution in [3.05, 3.63) is 35.4 Å². The van der Waals surface area contributed by atoms with Crippen molar-refractivity contribution >= 4 is 0 Å². The van der Waals surface area contributed by atoms with Crippen molar-refractivity contribution in [2.75, 3.05) is 19.6 Å². The van der Waals surface area contributed by atoms with Crippen molar-refractivity contribution in [2.45, 2.75) is 32.4 Å². The van der Waals surface area contributed by atoms with Gasteiger partial charge in [0.1, 0.15) is 0 Å². The Labute approximate surface area is 110 Å². The van der Waals surface area contributed by atoms with Gasteiger partial charge in [-0.2, -0.15) is 0 Å². The summed E-state index contributed by atoms with van der Waals surface area (Å²) >= 11 is 0. The molecule has 1 aromatic rings. The Morgan fingerprint density at radius 1 is 1.44 bits per heavy atom. The summed E-state index contributed by atoms with van der Waals surface area (Å²) in [6, 6.07) is 8.62. The van der Waals surface area contributed by atoms with Crippen LogP contribution in [0.3, 0.4) is 0 Å². The number of piperidine rings is 1. The van der Waals surface area contributed by atoms with E-state index in [2.05, 4.69) is 43.0 Å². The SMILES string of the molecule is Cc1ccccc1C(CN)N1CCC(C)C(O)C1. The summed E-state index contributed by atoms with van der Waals surface area (Å²) in [5, 5.41) is 10.0. The monoisotopic (exact) mass is 248 g/mol. The molecule has 2 rings (SSSR count). The molecule has 3 unspecified atom stereocenters. The molecule has 0 saturated carbocycles. The Morgan fingerprint density at radius 3 is 2.78 bits per heavy atom. The predicted molar refractivity (Wildman–Crippen MR) is 74.3 cm³/mol. The predicted octanol–water partition coefficient (Wildman–Crippen LogP) is 1.70. The molecule has 0 aromatic heterocycles. The molecule has 1 fully saturated rings.